The van der Waals surface area contributed by atoms with Crippen LogP contribution >= 0.6 is 8.58 Å². The van der Waals surface area contributed by atoms with Crippen molar-refractivity contribution >= 4 is 13.9 Å². The van der Waals surface area contributed by atoms with Gasteiger partial charge in [0.1, 0.15) is 12.4 Å². The molecule has 3 aromatic rings. The van der Waals surface area contributed by atoms with Crippen molar-refractivity contribution in [3.8, 4) is 11.5 Å². The van der Waals surface area contributed by atoms with E-state index in [1.54, 1.807) is 19.2 Å². The summed E-state index contributed by atoms with van der Waals surface area (Å²) in [5, 5.41) is 0.515. The first-order chi connectivity index (χ1) is 14.0. The monoisotopic (exact) mass is 410 g/mol. The molecule has 0 radical (unpaired) electrons. The van der Waals surface area contributed by atoms with Crippen LogP contribution in [0.1, 0.15) is 37.0 Å². The largest absolute Gasteiger partial charge is 0.493 e. The van der Waals surface area contributed by atoms with Gasteiger partial charge < -0.3 is 9.47 Å². The van der Waals surface area contributed by atoms with Crippen molar-refractivity contribution in [3.05, 3.63) is 89.2 Å². The Hall–Kier alpha value is -2.38. The average molecular weight is 410 g/mol. The number of benzene rings is 3. The topological polar surface area (TPSA) is 18.5 Å². The molecule has 2 nitrogen and oxygen atoms in total. The van der Waals surface area contributed by atoms with Crippen LogP contribution in [0.4, 0.5) is 4.39 Å². The van der Waals surface area contributed by atoms with Gasteiger partial charge in [-0.2, -0.15) is 0 Å². The zero-order chi connectivity index (χ0) is 20.9. The minimum absolute atomic E-state index is 0.141. The number of ether oxygens (including phenoxy) is 2. The molecule has 0 aliphatic heterocycles. The van der Waals surface area contributed by atoms with Crippen molar-refractivity contribution in [3.63, 3.8) is 0 Å². The summed E-state index contributed by atoms with van der Waals surface area (Å²) in [4.78, 5) is 0. The third-order valence-electron chi connectivity index (χ3n) is 5.35. The van der Waals surface area contributed by atoms with Gasteiger partial charge >= 0.3 is 0 Å². The van der Waals surface area contributed by atoms with E-state index in [-0.39, 0.29) is 19.6 Å². The lowest BCUT2D eigenvalue weighted by molar-refractivity contribution is 0.278. The molecule has 2 unspecified atom stereocenters. The van der Waals surface area contributed by atoms with Gasteiger partial charge in [-0.1, -0.05) is 77.0 Å². The van der Waals surface area contributed by atoms with Gasteiger partial charge in [-0.05, 0) is 36.6 Å². The number of hydrogen-bond donors (Lipinski definition) is 0. The van der Waals surface area contributed by atoms with E-state index in [4.69, 9.17) is 9.47 Å². The summed E-state index contributed by atoms with van der Waals surface area (Å²) in [7, 11) is 1.93. The van der Waals surface area contributed by atoms with Crippen LogP contribution in [-0.4, -0.2) is 7.11 Å². The van der Waals surface area contributed by atoms with Gasteiger partial charge in [0.05, 0.1) is 7.11 Å². The predicted octanol–water partition coefficient (Wildman–Crippen LogP) is 6.35. The minimum atomic E-state index is -0.270. The Morgan fingerprint density at radius 1 is 0.966 bits per heavy atom. The molecule has 0 saturated carbocycles. The standard InChI is InChI=1S/C25H28FO2P/c1-5-25(3,29-24-18(2)11-9-15-21(24)26)20-14-10-16-22(27-4)23(20)28-17-19-12-7-6-8-13-19/h6-16,29H,5,17H2,1-4H3. The lowest BCUT2D eigenvalue weighted by Crippen LogP contribution is -2.22. The molecule has 152 valence electrons. The Labute approximate surface area is 174 Å². The highest BCUT2D eigenvalue weighted by Gasteiger charge is 2.31. The Kier molecular flexibility index (Phi) is 6.92. The fourth-order valence-electron chi connectivity index (χ4n) is 3.40. The van der Waals surface area contributed by atoms with Crippen LogP contribution in [0.25, 0.3) is 0 Å². The number of methoxy groups -OCH3 is 1. The van der Waals surface area contributed by atoms with E-state index >= 15 is 0 Å². The highest BCUT2D eigenvalue weighted by molar-refractivity contribution is 7.48. The highest BCUT2D eigenvalue weighted by Crippen LogP contribution is 2.50. The van der Waals surface area contributed by atoms with E-state index in [9.17, 15) is 4.39 Å². The molecule has 0 saturated heterocycles. The number of para-hydroxylation sites is 1. The Morgan fingerprint density at radius 3 is 2.34 bits per heavy atom. The highest BCUT2D eigenvalue weighted by atomic mass is 31.1. The van der Waals surface area contributed by atoms with Gasteiger partial charge in [0.15, 0.2) is 11.5 Å². The van der Waals surface area contributed by atoms with Crippen LogP contribution in [0.15, 0.2) is 66.7 Å². The Bertz CT molecular complexity index is 938. The molecule has 4 heteroatoms. The van der Waals surface area contributed by atoms with Gasteiger partial charge in [0, 0.05) is 16.0 Å². The van der Waals surface area contributed by atoms with Crippen LogP contribution in [0.5, 0.6) is 11.5 Å². The van der Waals surface area contributed by atoms with Gasteiger partial charge in [-0.25, -0.2) is 4.39 Å². The summed E-state index contributed by atoms with van der Waals surface area (Å²) in [5.41, 5.74) is 3.13. The molecule has 0 bridgehead atoms. The van der Waals surface area contributed by atoms with Crippen LogP contribution in [0.2, 0.25) is 0 Å². The van der Waals surface area contributed by atoms with Gasteiger partial charge in [-0.15, -0.1) is 0 Å². The molecule has 0 aliphatic rings. The molecule has 2 atom stereocenters. The summed E-state index contributed by atoms with van der Waals surface area (Å²) in [6.45, 7) is 6.75. The molecule has 0 fully saturated rings. The maximum atomic E-state index is 14.6. The van der Waals surface area contributed by atoms with Gasteiger partial charge in [0.25, 0.3) is 0 Å². The zero-order valence-electron chi connectivity index (χ0n) is 17.5. The van der Waals surface area contributed by atoms with Gasteiger partial charge in [-0.3, -0.25) is 0 Å². The molecule has 0 N–H and O–H groups in total. The third-order valence-corrected chi connectivity index (χ3v) is 7.41. The number of rotatable bonds is 8. The number of aryl methyl sites for hydroxylation is 1. The molecular formula is C25H28FO2P. The van der Waals surface area contributed by atoms with Crippen LogP contribution in [0.3, 0.4) is 0 Å². The average Bonchev–Trinajstić information content (AvgIpc) is 2.75. The van der Waals surface area contributed by atoms with Crippen LogP contribution in [-0.2, 0) is 11.8 Å². The second kappa shape index (κ2) is 9.41. The number of hydrogen-bond acceptors (Lipinski definition) is 2. The lowest BCUT2D eigenvalue weighted by atomic mass is 9.96. The molecular weight excluding hydrogens is 382 g/mol. The summed E-state index contributed by atoms with van der Waals surface area (Å²) in [6.07, 6.45) is 0.855. The molecule has 29 heavy (non-hydrogen) atoms. The summed E-state index contributed by atoms with van der Waals surface area (Å²) < 4.78 is 26.5. The van der Waals surface area contributed by atoms with Crippen molar-refractivity contribution in [2.45, 2.75) is 39.0 Å². The maximum absolute atomic E-state index is 14.6. The van der Waals surface area contributed by atoms with E-state index in [1.165, 1.54) is 0 Å². The Morgan fingerprint density at radius 2 is 1.69 bits per heavy atom. The molecule has 0 heterocycles. The summed E-state index contributed by atoms with van der Waals surface area (Å²) in [6, 6.07) is 21.3. The Balaban J connectivity index is 2.00. The first-order valence-corrected chi connectivity index (χ1v) is 10.9. The third kappa shape index (κ3) is 4.79. The zero-order valence-corrected chi connectivity index (χ0v) is 18.5. The van der Waals surface area contributed by atoms with E-state index in [1.807, 2.05) is 55.5 Å². The van der Waals surface area contributed by atoms with Crippen molar-refractivity contribution in [1.82, 2.24) is 0 Å². The van der Waals surface area contributed by atoms with Crippen LogP contribution < -0.4 is 14.8 Å². The molecule has 3 rings (SSSR count). The van der Waals surface area contributed by atoms with Crippen molar-refractivity contribution in [2.75, 3.05) is 7.11 Å². The molecule has 0 aromatic heterocycles. The van der Waals surface area contributed by atoms with Crippen molar-refractivity contribution in [1.29, 1.82) is 0 Å². The number of halogens is 1. The quantitative estimate of drug-likeness (QED) is 0.403. The van der Waals surface area contributed by atoms with E-state index in [2.05, 4.69) is 19.9 Å². The first-order valence-electron chi connectivity index (χ1n) is 9.86. The van der Waals surface area contributed by atoms with Crippen molar-refractivity contribution < 1.29 is 13.9 Å². The van der Waals surface area contributed by atoms with E-state index in [0.29, 0.717) is 12.4 Å². The van der Waals surface area contributed by atoms with Crippen molar-refractivity contribution in [2.24, 2.45) is 0 Å². The summed E-state index contributed by atoms with van der Waals surface area (Å²) in [5.74, 6) is 1.30. The molecule has 3 aromatic carbocycles. The second-order valence-electron chi connectivity index (χ2n) is 7.35. The van der Waals surface area contributed by atoms with E-state index in [0.717, 1.165) is 34.2 Å². The normalized spacial score (nSPS) is 13.4. The lowest BCUT2D eigenvalue weighted by Gasteiger charge is -2.32. The smallest absolute Gasteiger partial charge is 0.165 e. The molecule has 0 aliphatic carbocycles. The second-order valence-corrected chi connectivity index (χ2v) is 9.21. The minimum Gasteiger partial charge on any atom is -0.493 e. The maximum Gasteiger partial charge on any atom is 0.165 e. The molecule has 0 spiro atoms. The molecule has 0 amide bonds. The fourth-order valence-corrected chi connectivity index (χ4v) is 4.95. The first kappa shape index (κ1) is 21.3. The van der Waals surface area contributed by atoms with Crippen LogP contribution in [0, 0.1) is 12.7 Å². The fraction of sp³-hybridized carbons (Fsp3) is 0.280. The van der Waals surface area contributed by atoms with E-state index < -0.39 is 0 Å². The summed E-state index contributed by atoms with van der Waals surface area (Å²) >= 11 is 0. The van der Waals surface area contributed by atoms with Gasteiger partial charge in [0.2, 0.25) is 0 Å². The predicted molar refractivity (Wildman–Crippen MR) is 120 cm³/mol. The SMILES string of the molecule is CCC(C)(Pc1c(C)cccc1F)c1cccc(OC)c1OCc1ccccc1.